The first-order valence-corrected chi connectivity index (χ1v) is 16.5. The summed E-state index contributed by atoms with van der Waals surface area (Å²) in [6.45, 7) is 3.90. The van der Waals surface area contributed by atoms with Crippen LogP contribution < -0.4 is 9.47 Å². The largest absolute Gasteiger partial charge is 0.426 e. The highest BCUT2D eigenvalue weighted by atomic mass is 16.5. The van der Waals surface area contributed by atoms with E-state index in [0.717, 1.165) is 32.3 Å². The Morgan fingerprint density at radius 1 is 0.458 bits per heavy atom. The molecule has 0 N–H and O–H groups in total. The van der Waals surface area contributed by atoms with Gasteiger partial charge in [-0.15, -0.1) is 0 Å². The zero-order valence-corrected chi connectivity index (χ0v) is 26.7. The molecule has 2 unspecified atom stereocenters. The van der Waals surface area contributed by atoms with Crippen LogP contribution in [0.5, 0.6) is 11.5 Å². The van der Waals surface area contributed by atoms with Crippen LogP contribution in [0.3, 0.4) is 0 Å². The minimum Gasteiger partial charge on any atom is -0.426 e. The normalized spacial score (nSPS) is 17.2. The van der Waals surface area contributed by atoms with Crippen molar-refractivity contribution in [2.24, 2.45) is 17.3 Å². The number of benzene rings is 8. The lowest BCUT2D eigenvalue weighted by Gasteiger charge is -2.48. The fourth-order valence-electron chi connectivity index (χ4n) is 7.82. The molecule has 4 nitrogen and oxygen atoms in total. The molecule has 4 heteroatoms. The molecule has 0 aliphatic heterocycles. The van der Waals surface area contributed by atoms with Crippen LogP contribution in [-0.4, -0.2) is 11.9 Å². The van der Waals surface area contributed by atoms with E-state index in [2.05, 4.69) is 84.9 Å². The van der Waals surface area contributed by atoms with Gasteiger partial charge in [0.2, 0.25) is 0 Å². The Morgan fingerprint density at radius 2 is 0.812 bits per heavy atom. The van der Waals surface area contributed by atoms with Gasteiger partial charge in [0.1, 0.15) is 11.5 Å². The smallest absolute Gasteiger partial charge is 0.314 e. The molecule has 48 heavy (non-hydrogen) atoms. The maximum Gasteiger partial charge on any atom is 0.314 e. The molecule has 0 radical (unpaired) electrons. The van der Waals surface area contributed by atoms with Gasteiger partial charge in [-0.1, -0.05) is 123 Å². The van der Waals surface area contributed by atoms with Crippen LogP contribution in [0.2, 0.25) is 0 Å². The molecular formula is C44H32O4. The van der Waals surface area contributed by atoms with Gasteiger partial charge in [0.05, 0.1) is 11.8 Å². The first-order chi connectivity index (χ1) is 23.3. The Bertz CT molecular complexity index is 2450. The summed E-state index contributed by atoms with van der Waals surface area (Å²) in [4.78, 5) is 27.0. The maximum atomic E-state index is 13.5. The summed E-state index contributed by atoms with van der Waals surface area (Å²) < 4.78 is 11.9. The van der Waals surface area contributed by atoms with Crippen LogP contribution in [0, 0.1) is 17.3 Å². The summed E-state index contributed by atoms with van der Waals surface area (Å²) in [7, 11) is 0. The summed E-state index contributed by atoms with van der Waals surface area (Å²) in [5, 5.41) is 13.6. The van der Waals surface area contributed by atoms with Gasteiger partial charge in [0.15, 0.2) is 0 Å². The molecule has 0 heterocycles. The minimum absolute atomic E-state index is 0.321. The van der Waals surface area contributed by atoms with E-state index in [0.29, 0.717) is 17.9 Å². The molecule has 1 fully saturated rings. The van der Waals surface area contributed by atoms with Crippen molar-refractivity contribution in [2.45, 2.75) is 20.3 Å². The van der Waals surface area contributed by atoms with Gasteiger partial charge < -0.3 is 9.47 Å². The van der Waals surface area contributed by atoms with Gasteiger partial charge in [0.25, 0.3) is 0 Å². The molecular weight excluding hydrogens is 592 g/mol. The SMILES string of the molecule is CC1(C)C(C(=O)Oc2ccc3ccc4c5ccccc5ccc4c3c2)CC1C(=O)Oc1ccc2ccc3c4ccccc4ccc3c2c1. The fourth-order valence-corrected chi connectivity index (χ4v) is 7.82. The van der Waals surface area contributed by atoms with Crippen molar-refractivity contribution >= 4 is 76.6 Å². The highest BCUT2D eigenvalue weighted by Gasteiger charge is 2.56. The van der Waals surface area contributed by atoms with Crippen molar-refractivity contribution in [2.75, 3.05) is 0 Å². The molecule has 0 aromatic heterocycles. The molecule has 0 bridgehead atoms. The number of ether oxygens (including phenoxy) is 2. The number of carbonyl (C=O) groups excluding carboxylic acids is 2. The van der Waals surface area contributed by atoms with Crippen molar-refractivity contribution in [3.63, 3.8) is 0 Å². The Morgan fingerprint density at radius 3 is 1.23 bits per heavy atom. The second-order valence-corrected chi connectivity index (χ2v) is 13.7. The van der Waals surface area contributed by atoms with Gasteiger partial charge in [-0.3, -0.25) is 9.59 Å². The van der Waals surface area contributed by atoms with Crippen LogP contribution in [0.1, 0.15) is 20.3 Å². The summed E-state index contributed by atoms with van der Waals surface area (Å²) in [5.41, 5.74) is -0.612. The van der Waals surface area contributed by atoms with Gasteiger partial charge in [-0.05, 0) is 101 Å². The first-order valence-electron chi connectivity index (χ1n) is 16.5. The van der Waals surface area contributed by atoms with Crippen molar-refractivity contribution in [3.8, 4) is 11.5 Å². The molecule has 2 atom stereocenters. The Hall–Kier alpha value is -5.74. The lowest BCUT2D eigenvalue weighted by molar-refractivity contribution is -0.167. The fraction of sp³-hybridized carbons (Fsp3) is 0.136. The molecule has 1 aliphatic carbocycles. The van der Waals surface area contributed by atoms with E-state index in [1.54, 1.807) is 0 Å². The number of hydrogen-bond donors (Lipinski definition) is 0. The summed E-state index contributed by atoms with van der Waals surface area (Å²) in [6, 6.07) is 45.4. The third-order valence-corrected chi connectivity index (χ3v) is 10.7. The van der Waals surface area contributed by atoms with E-state index < -0.39 is 17.3 Å². The third kappa shape index (κ3) is 4.44. The quantitative estimate of drug-likeness (QED) is 0.111. The molecule has 9 rings (SSSR count). The predicted octanol–water partition coefficient (Wildman–Crippen LogP) is 10.8. The first kappa shape index (κ1) is 28.5. The summed E-state index contributed by atoms with van der Waals surface area (Å²) >= 11 is 0. The number of carbonyl (C=O) groups is 2. The zero-order valence-electron chi connectivity index (χ0n) is 26.7. The molecule has 0 spiro atoms. The van der Waals surface area contributed by atoms with Gasteiger partial charge in [-0.2, -0.15) is 0 Å². The van der Waals surface area contributed by atoms with Crippen molar-refractivity contribution < 1.29 is 19.1 Å². The maximum absolute atomic E-state index is 13.5. The van der Waals surface area contributed by atoms with E-state index >= 15 is 0 Å². The molecule has 0 saturated heterocycles. The zero-order chi connectivity index (χ0) is 32.6. The third-order valence-electron chi connectivity index (χ3n) is 10.7. The van der Waals surface area contributed by atoms with Crippen LogP contribution in [-0.2, 0) is 9.59 Å². The average Bonchev–Trinajstić information content (AvgIpc) is 3.10. The van der Waals surface area contributed by atoms with Crippen LogP contribution >= 0.6 is 0 Å². The molecule has 0 amide bonds. The lowest BCUT2D eigenvalue weighted by atomic mass is 9.54. The second-order valence-electron chi connectivity index (χ2n) is 13.7. The minimum atomic E-state index is -0.612. The van der Waals surface area contributed by atoms with Gasteiger partial charge in [-0.25, -0.2) is 0 Å². The van der Waals surface area contributed by atoms with E-state index in [-0.39, 0.29) is 11.9 Å². The van der Waals surface area contributed by atoms with Crippen molar-refractivity contribution in [1.29, 1.82) is 0 Å². The number of rotatable bonds is 4. The highest BCUT2D eigenvalue weighted by Crippen LogP contribution is 2.52. The van der Waals surface area contributed by atoms with Gasteiger partial charge >= 0.3 is 11.9 Å². The van der Waals surface area contributed by atoms with Crippen molar-refractivity contribution in [1.82, 2.24) is 0 Å². The topological polar surface area (TPSA) is 52.6 Å². The number of esters is 2. The van der Waals surface area contributed by atoms with E-state index in [1.165, 1.54) is 32.3 Å². The van der Waals surface area contributed by atoms with Crippen LogP contribution in [0.25, 0.3) is 64.6 Å². The Balaban J connectivity index is 0.941. The Kier molecular flexibility index (Phi) is 6.32. The monoisotopic (exact) mass is 624 g/mol. The molecule has 8 aromatic rings. The Labute approximate surface area is 277 Å². The summed E-state index contributed by atoms with van der Waals surface area (Å²) in [5.74, 6) is -0.471. The summed E-state index contributed by atoms with van der Waals surface area (Å²) in [6.07, 6.45) is 0.385. The number of hydrogen-bond acceptors (Lipinski definition) is 4. The highest BCUT2D eigenvalue weighted by molar-refractivity contribution is 6.18. The van der Waals surface area contributed by atoms with Gasteiger partial charge in [0, 0.05) is 0 Å². The van der Waals surface area contributed by atoms with Crippen molar-refractivity contribution in [3.05, 3.63) is 133 Å². The van der Waals surface area contributed by atoms with Crippen LogP contribution in [0.15, 0.2) is 133 Å². The molecule has 1 aliphatic rings. The molecule has 1 saturated carbocycles. The van der Waals surface area contributed by atoms with E-state index in [4.69, 9.17) is 9.47 Å². The second kappa shape index (κ2) is 10.6. The van der Waals surface area contributed by atoms with Crippen LogP contribution in [0.4, 0.5) is 0 Å². The standard InChI is InChI=1S/C44H32O4/c1-44(2)40(42(45)47-30-17-11-28-15-19-34-32-9-5-3-7-26(32)13-21-36(34)38(28)23-30)25-41(44)43(46)48-31-18-12-29-16-20-35-33-10-6-4-8-27(33)14-22-37(35)39(29)24-31/h3-24,40-41H,25H2,1-2H3. The molecule has 8 aromatic carbocycles. The van der Waals surface area contributed by atoms with E-state index in [9.17, 15) is 9.59 Å². The lowest BCUT2D eigenvalue weighted by Crippen LogP contribution is -2.54. The molecule has 232 valence electrons. The number of fused-ring (bicyclic) bond motifs is 10. The predicted molar refractivity (Wildman–Crippen MR) is 195 cm³/mol. The van der Waals surface area contributed by atoms with E-state index in [1.807, 2.05) is 62.4 Å². The average molecular weight is 625 g/mol.